The van der Waals surface area contributed by atoms with Gasteiger partial charge >= 0.3 is 0 Å². The first-order chi connectivity index (χ1) is 18.6. The van der Waals surface area contributed by atoms with Gasteiger partial charge in [-0.05, 0) is 79.1 Å². The summed E-state index contributed by atoms with van der Waals surface area (Å²) in [6, 6.07) is 21.0. The molecule has 2 heterocycles. The molecule has 192 valence electrons. The number of carbonyl (C=O) groups is 1. The number of carbonyl (C=O) groups excluding carboxylic acids is 1. The van der Waals surface area contributed by atoms with E-state index in [9.17, 15) is 9.59 Å². The third-order valence-corrected chi connectivity index (χ3v) is 7.00. The zero-order valence-electron chi connectivity index (χ0n) is 20.9. The van der Waals surface area contributed by atoms with E-state index in [1.165, 1.54) is 0 Å². The summed E-state index contributed by atoms with van der Waals surface area (Å²) in [4.78, 5) is 26.4. The maximum absolute atomic E-state index is 13.5. The number of ether oxygens (including phenoxy) is 1. The van der Waals surface area contributed by atoms with E-state index >= 15 is 0 Å². The van der Waals surface area contributed by atoms with Crippen LogP contribution in [-0.4, -0.2) is 35.9 Å². The van der Waals surface area contributed by atoms with Crippen LogP contribution in [-0.2, 0) is 17.6 Å². The molecule has 3 aromatic carbocycles. The molecule has 0 atom stereocenters. The number of H-pyrrole nitrogens is 1. The second kappa shape index (κ2) is 12.1. The van der Waals surface area contributed by atoms with Gasteiger partial charge in [0.15, 0.2) is 5.69 Å². The van der Waals surface area contributed by atoms with E-state index in [-0.39, 0.29) is 5.69 Å². The second-order valence-electron chi connectivity index (χ2n) is 9.48. The Balaban J connectivity index is 1.44. The zero-order chi connectivity index (χ0) is 26.3. The molecule has 1 aliphatic heterocycles. The van der Waals surface area contributed by atoms with Crippen LogP contribution in [0.2, 0.25) is 5.02 Å². The molecule has 2 N–H and O–H groups in total. The van der Waals surface area contributed by atoms with Crippen molar-refractivity contribution in [3.63, 3.8) is 0 Å². The highest BCUT2D eigenvalue weighted by molar-refractivity contribution is 6.30. The van der Waals surface area contributed by atoms with E-state index in [0.29, 0.717) is 40.4 Å². The normalized spacial score (nSPS) is 13.6. The van der Waals surface area contributed by atoms with Crippen LogP contribution < -0.4 is 10.7 Å². The van der Waals surface area contributed by atoms with E-state index in [1.54, 1.807) is 0 Å². The average Bonchev–Trinajstić information content (AvgIpc) is 2.94. The van der Waals surface area contributed by atoms with Crippen LogP contribution in [0, 0.1) is 17.8 Å². The molecule has 1 aliphatic rings. The minimum Gasteiger partial charge on any atom is -0.381 e. The summed E-state index contributed by atoms with van der Waals surface area (Å²) >= 11 is 5.94. The lowest BCUT2D eigenvalue weighted by Crippen LogP contribution is -2.32. The Morgan fingerprint density at radius 1 is 1.03 bits per heavy atom. The largest absolute Gasteiger partial charge is 0.381 e. The first-order valence-electron chi connectivity index (χ1n) is 12.8. The Kier molecular flexibility index (Phi) is 8.18. The highest BCUT2D eigenvalue weighted by Crippen LogP contribution is 2.23. The Bertz CT molecular complexity index is 1550. The monoisotopic (exact) mass is 525 g/mol. The van der Waals surface area contributed by atoms with Crippen molar-refractivity contribution in [2.45, 2.75) is 25.7 Å². The number of fused-ring (bicyclic) bond motifs is 1. The predicted molar refractivity (Wildman–Crippen MR) is 150 cm³/mol. The van der Waals surface area contributed by atoms with Crippen molar-refractivity contribution in [2.75, 3.05) is 19.8 Å². The fourth-order valence-corrected chi connectivity index (χ4v) is 4.79. The molecular formula is C31H28ClN3O3. The van der Waals surface area contributed by atoms with Gasteiger partial charge in [0.2, 0.25) is 5.43 Å². The lowest BCUT2D eigenvalue weighted by Gasteiger charge is -2.22. The van der Waals surface area contributed by atoms with Crippen LogP contribution in [0.3, 0.4) is 0 Å². The van der Waals surface area contributed by atoms with Gasteiger partial charge in [0.1, 0.15) is 0 Å². The Morgan fingerprint density at radius 3 is 2.55 bits per heavy atom. The van der Waals surface area contributed by atoms with Crippen LogP contribution in [0.4, 0.5) is 0 Å². The number of aromatic amines is 1. The van der Waals surface area contributed by atoms with Gasteiger partial charge in [-0.15, -0.1) is 0 Å². The van der Waals surface area contributed by atoms with E-state index in [4.69, 9.17) is 16.3 Å². The molecule has 1 saturated heterocycles. The van der Waals surface area contributed by atoms with Crippen LogP contribution >= 0.6 is 11.6 Å². The summed E-state index contributed by atoms with van der Waals surface area (Å²) in [6.45, 7) is 1.88. The predicted octanol–water partition coefficient (Wildman–Crippen LogP) is 4.92. The Labute approximate surface area is 226 Å². The van der Waals surface area contributed by atoms with Crippen LogP contribution in [0.25, 0.3) is 10.9 Å². The maximum Gasteiger partial charge on any atom is 0.275 e. The number of hydrogen-bond acceptors (Lipinski definition) is 4. The van der Waals surface area contributed by atoms with Crippen LogP contribution in [0.1, 0.15) is 45.6 Å². The third-order valence-electron chi connectivity index (χ3n) is 6.75. The fourth-order valence-electron chi connectivity index (χ4n) is 4.66. The summed E-state index contributed by atoms with van der Waals surface area (Å²) in [6.07, 6.45) is 3.40. The number of nitrogens with zero attached hydrogens (tertiary/aromatic N) is 1. The zero-order valence-corrected chi connectivity index (χ0v) is 21.7. The molecule has 1 amide bonds. The van der Waals surface area contributed by atoms with Crippen molar-refractivity contribution in [2.24, 2.45) is 5.92 Å². The number of benzene rings is 3. The number of aromatic nitrogens is 2. The maximum atomic E-state index is 13.5. The highest BCUT2D eigenvalue weighted by atomic mass is 35.5. The molecule has 6 nitrogen and oxygen atoms in total. The van der Waals surface area contributed by atoms with Gasteiger partial charge in [-0.3, -0.25) is 14.7 Å². The van der Waals surface area contributed by atoms with Gasteiger partial charge in [0.25, 0.3) is 5.91 Å². The Hall–Kier alpha value is -3.92. The van der Waals surface area contributed by atoms with Crippen LogP contribution in [0.15, 0.2) is 71.5 Å². The number of hydrogen-bond donors (Lipinski definition) is 2. The fraction of sp³-hybridized carbons (Fsp3) is 0.258. The van der Waals surface area contributed by atoms with Gasteiger partial charge < -0.3 is 10.1 Å². The molecule has 0 saturated carbocycles. The van der Waals surface area contributed by atoms with Gasteiger partial charge in [-0.25, -0.2) is 0 Å². The van der Waals surface area contributed by atoms with E-state index in [0.717, 1.165) is 49.2 Å². The number of halogens is 1. The molecule has 5 rings (SSSR count). The van der Waals surface area contributed by atoms with Gasteiger partial charge in [0, 0.05) is 30.3 Å². The topological polar surface area (TPSA) is 84.1 Å². The van der Waals surface area contributed by atoms with Crippen molar-refractivity contribution in [3.8, 4) is 11.8 Å². The molecule has 0 bridgehead atoms. The quantitative estimate of drug-likeness (QED) is 0.350. The lowest BCUT2D eigenvalue weighted by atomic mass is 9.91. The number of rotatable bonds is 6. The van der Waals surface area contributed by atoms with Gasteiger partial charge in [-0.1, -0.05) is 53.8 Å². The summed E-state index contributed by atoms with van der Waals surface area (Å²) < 4.78 is 5.51. The third kappa shape index (κ3) is 6.31. The lowest BCUT2D eigenvalue weighted by molar-refractivity contribution is 0.0665. The number of amides is 1. The van der Waals surface area contributed by atoms with Crippen LogP contribution in [0.5, 0.6) is 0 Å². The molecule has 0 radical (unpaired) electrons. The molecule has 38 heavy (non-hydrogen) atoms. The summed E-state index contributed by atoms with van der Waals surface area (Å²) in [5.41, 5.74) is 3.60. The first kappa shape index (κ1) is 25.7. The summed E-state index contributed by atoms with van der Waals surface area (Å²) in [7, 11) is 0. The van der Waals surface area contributed by atoms with E-state index < -0.39 is 11.3 Å². The molecule has 4 aromatic rings. The Morgan fingerprint density at radius 2 is 1.79 bits per heavy atom. The van der Waals surface area contributed by atoms with E-state index in [2.05, 4.69) is 27.4 Å². The molecule has 7 heteroatoms. The van der Waals surface area contributed by atoms with Gasteiger partial charge in [0.05, 0.1) is 16.5 Å². The molecule has 0 aliphatic carbocycles. The van der Waals surface area contributed by atoms with Crippen molar-refractivity contribution in [1.82, 2.24) is 15.5 Å². The number of nitrogens with one attached hydrogen (secondary N) is 2. The van der Waals surface area contributed by atoms with E-state index in [1.807, 2.05) is 66.7 Å². The van der Waals surface area contributed by atoms with Crippen molar-refractivity contribution >= 4 is 28.4 Å². The first-order valence-corrected chi connectivity index (χ1v) is 13.2. The minimum absolute atomic E-state index is 0.154. The summed E-state index contributed by atoms with van der Waals surface area (Å²) in [5, 5.41) is 11.0. The van der Waals surface area contributed by atoms with Gasteiger partial charge in [-0.2, -0.15) is 5.10 Å². The SMILES string of the molecule is O=C(NCCc1ccc(Cl)cc1)c1n[nH]c2c(C#Cc3ccccc3)cc(CC3CCOCC3)cc2c1=O. The average molecular weight is 526 g/mol. The molecular weight excluding hydrogens is 498 g/mol. The molecule has 0 spiro atoms. The summed E-state index contributed by atoms with van der Waals surface area (Å²) in [5.74, 6) is 6.37. The minimum atomic E-state index is -0.506. The van der Waals surface area contributed by atoms with Crippen molar-refractivity contribution < 1.29 is 9.53 Å². The molecule has 0 unspecified atom stereocenters. The molecule has 1 aromatic heterocycles. The smallest absolute Gasteiger partial charge is 0.275 e. The standard InChI is InChI=1S/C31H28ClN3O3/c32-26-10-7-22(8-11-26)12-15-33-31(37)29-30(36)27-20-24(18-23-13-16-38-17-14-23)19-25(28(27)34-35-29)9-6-21-4-2-1-3-5-21/h1-5,7-8,10-11,19-20,23H,12-18H2,(H,33,37)(H,34,36). The van der Waals surface area contributed by atoms with Crippen molar-refractivity contribution in [1.29, 1.82) is 0 Å². The highest BCUT2D eigenvalue weighted by Gasteiger charge is 2.19. The van der Waals surface area contributed by atoms with Crippen molar-refractivity contribution in [3.05, 3.63) is 110 Å². The molecule has 1 fully saturated rings. The second-order valence-corrected chi connectivity index (χ2v) is 9.91.